The molecule has 0 bridgehead atoms. The van der Waals surface area contributed by atoms with Crippen LogP contribution in [0.15, 0.2) is 48.8 Å². The van der Waals surface area contributed by atoms with Crippen LogP contribution in [0.25, 0.3) is 16.7 Å². The highest BCUT2D eigenvalue weighted by Crippen LogP contribution is 2.22. The molecular formula is C20H19N3O4. The Bertz CT molecular complexity index is 1030. The number of carbonyl (C=O) groups is 2. The zero-order chi connectivity index (χ0) is 19.0. The molecule has 0 saturated carbocycles. The van der Waals surface area contributed by atoms with Crippen LogP contribution in [0.3, 0.4) is 0 Å². The number of hydrogen-bond donors (Lipinski definition) is 1. The van der Waals surface area contributed by atoms with Crippen molar-refractivity contribution in [1.82, 2.24) is 14.5 Å². The number of aryl methyl sites for hydroxylation is 1. The molecule has 7 heteroatoms. The second-order valence-electron chi connectivity index (χ2n) is 6.58. The molecule has 3 aromatic rings. The maximum Gasteiger partial charge on any atom is 0.328 e. The third-order valence-corrected chi connectivity index (χ3v) is 4.75. The number of carboxylic acid groups (broad SMARTS) is 1. The molecule has 0 radical (unpaired) electrons. The summed E-state index contributed by atoms with van der Waals surface area (Å²) in [5.41, 5.74) is 4.13. The van der Waals surface area contributed by atoms with Gasteiger partial charge < -0.3 is 14.7 Å². The van der Waals surface area contributed by atoms with E-state index in [1.807, 2.05) is 35.8 Å². The Hall–Kier alpha value is -3.19. The zero-order valence-corrected chi connectivity index (χ0v) is 14.8. The zero-order valence-electron chi connectivity index (χ0n) is 14.8. The number of aliphatic carboxylic acids is 1. The number of ether oxygens (including phenoxy) is 1. The molecule has 1 fully saturated rings. The van der Waals surface area contributed by atoms with Gasteiger partial charge in [0.15, 0.2) is 6.04 Å². The molecule has 1 N–H and O–H groups in total. The van der Waals surface area contributed by atoms with Crippen molar-refractivity contribution in [3.05, 3.63) is 59.9 Å². The summed E-state index contributed by atoms with van der Waals surface area (Å²) in [6, 6.07) is 12.4. The normalized spacial score (nSPS) is 17.2. The summed E-state index contributed by atoms with van der Waals surface area (Å²) in [6.45, 7) is 2.62. The maximum absolute atomic E-state index is 12.9. The van der Waals surface area contributed by atoms with Crippen LogP contribution in [0.1, 0.15) is 15.9 Å². The van der Waals surface area contributed by atoms with E-state index in [0.29, 0.717) is 17.7 Å². The van der Waals surface area contributed by atoms with Crippen LogP contribution in [0.5, 0.6) is 0 Å². The quantitative estimate of drug-likeness (QED) is 0.770. The third-order valence-electron chi connectivity index (χ3n) is 4.75. The standard InChI is InChI=1S/C20H19N3O4/c1-13-3-2-4-15(9-13)23-12-21-16-10-14(5-6-17(16)23)19(24)22-7-8-27-11-18(22)20(25)26/h2-6,9-10,12,18H,7-8,11H2,1H3,(H,25,26). The molecule has 0 spiro atoms. The van der Waals surface area contributed by atoms with E-state index in [1.165, 1.54) is 4.90 Å². The first-order chi connectivity index (χ1) is 13.0. The predicted molar refractivity (Wildman–Crippen MR) is 99.1 cm³/mol. The highest BCUT2D eigenvalue weighted by molar-refractivity contribution is 5.99. The van der Waals surface area contributed by atoms with Gasteiger partial charge in [-0.05, 0) is 42.8 Å². The summed E-state index contributed by atoms with van der Waals surface area (Å²) in [6.07, 6.45) is 1.72. The average Bonchev–Trinajstić information content (AvgIpc) is 3.10. The Morgan fingerprint density at radius 3 is 2.85 bits per heavy atom. The van der Waals surface area contributed by atoms with Crippen molar-refractivity contribution in [3.8, 4) is 5.69 Å². The van der Waals surface area contributed by atoms with Crippen molar-refractivity contribution < 1.29 is 19.4 Å². The van der Waals surface area contributed by atoms with Crippen molar-refractivity contribution in [2.24, 2.45) is 0 Å². The van der Waals surface area contributed by atoms with Gasteiger partial charge in [0.05, 0.1) is 24.2 Å². The minimum atomic E-state index is -1.06. The molecule has 1 unspecified atom stereocenters. The molecule has 1 amide bonds. The van der Waals surface area contributed by atoms with Gasteiger partial charge in [-0.1, -0.05) is 12.1 Å². The molecule has 1 aromatic heterocycles. The van der Waals surface area contributed by atoms with E-state index in [0.717, 1.165) is 16.8 Å². The van der Waals surface area contributed by atoms with E-state index < -0.39 is 12.0 Å². The minimum absolute atomic E-state index is 0.00526. The third kappa shape index (κ3) is 3.17. The van der Waals surface area contributed by atoms with Gasteiger partial charge in [0, 0.05) is 17.8 Å². The number of rotatable bonds is 3. The number of imidazole rings is 1. The lowest BCUT2D eigenvalue weighted by atomic mass is 10.1. The Balaban J connectivity index is 1.68. The first-order valence-electron chi connectivity index (χ1n) is 8.70. The van der Waals surface area contributed by atoms with Gasteiger partial charge in [-0.25, -0.2) is 9.78 Å². The lowest BCUT2D eigenvalue weighted by Gasteiger charge is -2.32. The number of carbonyl (C=O) groups excluding carboxylic acids is 1. The molecule has 27 heavy (non-hydrogen) atoms. The Labute approximate surface area is 155 Å². The minimum Gasteiger partial charge on any atom is -0.480 e. The first-order valence-corrected chi connectivity index (χ1v) is 8.70. The van der Waals surface area contributed by atoms with Crippen LogP contribution in [0.4, 0.5) is 0 Å². The van der Waals surface area contributed by atoms with E-state index >= 15 is 0 Å². The Morgan fingerprint density at radius 2 is 2.07 bits per heavy atom. The van der Waals surface area contributed by atoms with Gasteiger partial charge >= 0.3 is 5.97 Å². The van der Waals surface area contributed by atoms with Crippen molar-refractivity contribution in [2.45, 2.75) is 13.0 Å². The topological polar surface area (TPSA) is 84.7 Å². The SMILES string of the molecule is Cc1cccc(-n2cnc3cc(C(=O)N4CCOCC4C(=O)O)ccc32)c1. The van der Waals surface area contributed by atoms with Gasteiger partial charge in [-0.2, -0.15) is 0 Å². The van der Waals surface area contributed by atoms with Gasteiger partial charge in [-0.15, -0.1) is 0 Å². The molecule has 138 valence electrons. The molecule has 1 atom stereocenters. The number of nitrogens with zero attached hydrogens (tertiary/aromatic N) is 3. The monoisotopic (exact) mass is 365 g/mol. The number of morpholine rings is 1. The summed E-state index contributed by atoms with van der Waals surface area (Å²) in [5.74, 6) is -1.38. The van der Waals surface area contributed by atoms with E-state index in [-0.39, 0.29) is 19.1 Å². The second kappa shape index (κ2) is 6.85. The Morgan fingerprint density at radius 1 is 1.22 bits per heavy atom. The van der Waals surface area contributed by atoms with Gasteiger partial charge in [0.25, 0.3) is 5.91 Å². The van der Waals surface area contributed by atoms with E-state index in [9.17, 15) is 14.7 Å². The fourth-order valence-corrected chi connectivity index (χ4v) is 3.35. The smallest absolute Gasteiger partial charge is 0.328 e. The van der Waals surface area contributed by atoms with E-state index in [2.05, 4.69) is 11.1 Å². The largest absolute Gasteiger partial charge is 0.480 e. The van der Waals surface area contributed by atoms with Crippen molar-refractivity contribution in [2.75, 3.05) is 19.8 Å². The molecule has 2 heterocycles. The molecule has 4 rings (SSSR count). The number of fused-ring (bicyclic) bond motifs is 1. The van der Waals surface area contributed by atoms with Crippen LogP contribution in [0.2, 0.25) is 0 Å². The van der Waals surface area contributed by atoms with Crippen LogP contribution in [-0.2, 0) is 9.53 Å². The molecule has 0 aliphatic carbocycles. The molecule has 2 aromatic carbocycles. The van der Waals surface area contributed by atoms with Gasteiger partial charge in [0.1, 0.15) is 6.33 Å². The molecule has 1 aliphatic rings. The lowest BCUT2D eigenvalue weighted by Crippen LogP contribution is -2.52. The van der Waals surface area contributed by atoms with Crippen molar-refractivity contribution in [1.29, 1.82) is 0 Å². The van der Waals surface area contributed by atoms with Gasteiger partial charge in [0.2, 0.25) is 0 Å². The predicted octanol–water partition coefficient (Wildman–Crippen LogP) is 2.26. The van der Waals surface area contributed by atoms with E-state index in [4.69, 9.17) is 4.74 Å². The van der Waals surface area contributed by atoms with E-state index in [1.54, 1.807) is 18.5 Å². The van der Waals surface area contributed by atoms with Crippen LogP contribution >= 0.6 is 0 Å². The summed E-state index contributed by atoms with van der Waals surface area (Å²) in [4.78, 5) is 30.0. The number of hydrogen-bond acceptors (Lipinski definition) is 4. The molecule has 7 nitrogen and oxygen atoms in total. The molecular weight excluding hydrogens is 346 g/mol. The van der Waals surface area contributed by atoms with Crippen LogP contribution in [-0.4, -0.2) is 57.2 Å². The fourth-order valence-electron chi connectivity index (χ4n) is 3.35. The maximum atomic E-state index is 12.9. The van der Waals surface area contributed by atoms with Crippen LogP contribution < -0.4 is 0 Å². The molecule has 1 saturated heterocycles. The number of amides is 1. The second-order valence-corrected chi connectivity index (χ2v) is 6.58. The summed E-state index contributed by atoms with van der Waals surface area (Å²) in [7, 11) is 0. The Kier molecular flexibility index (Phi) is 4.37. The lowest BCUT2D eigenvalue weighted by molar-refractivity contribution is -0.147. The van der Waals surface area contributed by atoms with Crippen LogP contribution in [0, 0.1) is 6.92 Å². The number of benzene rings is 2. The highest BCUT2D eigenvalue weighted by Gasteiger charge is 2.33. The van der Waals surface area contributed by atoms with Crippen molar-refractivity contribution >= 4 is 22.9 Å². The average molecular weight is 365 g/mol. The highest BCUT2D eigenvalue weighted by atomic mass is 16.5. The number of carboxylic acids is 1. The summed E-state index contributed by atoms with van der Waals surface area (Å²) >= 11 is 0. The first kappa shape index (κ1) is 17.2. The summed E-state index contributed by atoms with van der Waals surface area (Å²) < 4.78 is 7.17. The number of aromatic nitrogens is 2. The van der Waals surface area contributed by atoms with Crippen molar-refractivity contribution in [3.63, 3.8) is 0 Å². The fraction of sp³-hybridized carbons (Fsp3) is 0.250. The molecule has 1 aliphatic heterocycles. The summed E-state index contributed by atoms with van der Waals surface area (Å²) in [5, 5.41) is 9.34. The van der Waals surface area contributed by atoms with Gasteiger partial charge in [-0.3, -0.25) is 9.36 Å².